The number of benzene rings is 1. The predicted octanol–water partition coefficient (Wildman–Crippen LogP) is 2.22. The Morgan fingerprint density at radius 2 is 2.10 bits per heavy atom. The van der Waals surface area contributed by atoms with E-state index < -0.39 is 0 Å². The average Bonchev–Trinajstić information content (AvgIpc) is 2.79. The SMILES string of the molecule is CNCc1c(F)cccc1N1CCCN2CCCC2C1. The molecule has 1 aromatic rings. The molecule has 0 bridgehead atoms. The largest absolute Gasteiger partial charge is 0.370 e. The molecule has 2 heterocycles. The third-order valence-electron chi connectivity index (χ3n) is 4.59. The molecule has 4 heteroatoms. The summed E-state index contributed by atoms with van der Waals surface area (Å²) in [6.07, 6.45) is 3.77. The zero-order chi connectivity index (χ0) is 13.9. The van der Waals surface area contributed by atoms with Crippen LogP contribution >= 0.6 is 0 Å². The summed E-state index contributed by atoms with van der Waals surface area (Å²) in [5.41, 5.74) is 1.88. The number of rotatable bonds is 3. The van der Waals surface area contributed by atoms with Gasteiger partial charge in [-0.2, -0.15) is 0 Å². The molecule has 1 N–H and O–H groups in total. The highest BCUT2D eigenvalue weighted by atomic mass is 19.1. The summed E-state index contributed by atoms with van der Waals surface area (Å²) < 4.78 is 14.1. The first-order chi connectivity index (χ1) is 9.79. The molecular weight excluding hydrogens is 253 g/mol. The van der Waals surface area contributed by atoms with Crippen molar-refractivity contribution in [2.24, 2.45) is 0 Å². The van der Waals surface area contributed by atoms with Crippen LogP contribution in [0.2, 0.25) is 0 Å². The molecule has 0 amide bonds. The van der Waals surface area contributed by atoms with Crippen molar-refractivity contribution in [1.29, 1.82) is 0 Å². The van der Waals surface area contributed by atoms with Gasteiger partial charge in [-0.1, -0.05) is 6.07 Å². The third kappa shape index (κ3) is 2.67. The fourth-order valence-electron chi connectivity index (χ4n) is 3.62. The van der Waals surface area contributed by atoms with E-state index in [2.05, 4.69) is 21.2 Å². The fraction of sp³-hybridized carbons (Fsp3) is 0.625. The maximum atomic E-state index is 14.1. The molecule has 2 aliphatic rings. The van der Waals surface area contributed by atoms with Crippen molar-refractivity contribution < 1.29 is 4.39 Å². The van der Waals surface area contributed by atoms with Crippen LogP contribution in [0.1, 0.15) is 24.8 Å². The molecule has 3 nitrogen and oxygen atoms in total. The highest BCUT2D eigenvalue weighted by molar-refractivity contribution is 5.54. The lowest BCUT2D eigenvalue weighted by molar-refractivity contribution is 0.273. The number of fused-ring (bicyclic) bond motifs is 1. The van der Waals surface area contributed by atoms with Gasteiger partial charge in [0.1, 0.15) is 5.82 Å². The summed E-state index contributed by atoms with van der Waals surface area (Å²) in [4.78, 5) is 5.00. The summed E-state index contributed by atoms with van der Waals surface area (Å²) >= 11 is 0. The van der Waals surface area contributed by atoms with Gasteiger partial charge in [0, 0.05) is 43.5 Å². The molecule has 2 saturated heterocycles. The van der Waals surface area contributed by atoms with Gasteiger partial charge in [-0.15, -0.1) is 0 Å². The van der Waals surface area contributed by atoms with Crippen LogP contribution in [0.15, 0.2) is 18.2 Å². The summed E-state index contributed by atoms with van der Waals surface area (Å²) in [5, 5.41) is 3.09. The Hall–Kier alpha value is -1.13. The average molecular weight is 277 g/mol. The van der Waals surface area contributed by atoms with E-state index in [0.29, 0.717) is 12.6 Å². The van der Waals surface area contributed by atoms with E-state index in [0.717, 1.165) is 24.3 Å². The Morgan fingerprint density at radius 1 is 1.25 bits per heavy atom. The highest BCUT2D eigenvalue weighted by Gasteiger charge is 2.29. The fourth-order valence-corrected chi connectivity index (χ4v) is 3.62. The zero-order valence-corrected chi connectivity index (χ0v) is 12.2. The van der Waals surface area contributed by atoms with E-state index in [1.165, 1.54) is 32.4 Å². The molecule has 2 fully saturated rings. The van der Waals surface area contributed by atoms with Crippen molar-refractivity contribution in [3.05, 3.63) is 29.6 Å². The van der Waals surface area contributed by atoms with Gasteiger partial charge in [0.15, 0.2) is 0 Å². The number of hydrogen-bond acceptors (Lipinski definition) is 3. The lowest BCUT2D eigenvalue weighted by Crippen LogP contribution is -2.37. The lowest BCUT2D eigenvalue weighted by atomic mass is 10.1. The first-order valence-electron chi connectivity index (χ1n) is 7.70. The second-order valence-corrected chi connectivity index (χ2v) is 5.90. The molecule has 110 valence electrons. The molecule has 0 spiro atoms. The first-order valence-corrected chi connectivity index (χ1v) is 7.70. The molecule has 0 aromatic heterocycles. The van der Waals surface area contributed by atoms with Crippen molar-refractivity contribution in [3.8, 4) is 0 Å². The smallest absolute Gasteiger partial charge is 0.129 e. The predicted molar refractivity (Wildman–Crippen MR) is 80.6 cm³/mol. The minimum atomic E-state index is -0.0932. The van der Waals surface area contributed by atoms with Gasteiger partial charge in [-0.3, -0.25) is 4.90 Å². The summed E-state index contributed by atoms with van der Waals surface area (Å²) in [5.74, 6) is -0.0932. The zero-order valence-electron chi connectivity index (χ0n) is 12.2. The molecule has 1 atom stereocenters. The van der Waals surface area contributed by atoms with Crippen LogP contribution in [0.5, 0.6) is 0 Å². The van der Waals surface area contributed by atoms with Gasteiger partial charge in [-0.25, -0.2) is 4.39 Å². The number of halogens is 1. The summed E-state index contributed by atoms with van der Waals surface area (Å²) in [6, 6.07) is 6.13. The topological polar surface area (TPSA) is 18.5 Å². The standard InChI is InChI=1S/C16H24FN3/c1-18-11-14-15(17)6-2-7-16(14)20-10-4-9-19-8-3-5-13(19)12-20/h2,6-7,13,18H,3-5,8-12H2,1H3. The van der Waals surface area contributed by atoms with E-state index in [9.17, 15) is 4.39 Å². The van der Waals surface area contributed by atoms with Crippen molar-refractivity contribution in [3.63, 3.8) is 0 Å². The Morgan fingerprint density at radius 3 is 2.95 bits per heavy atom. The maximum Gasteiger partial charge on any atom is 0.129 e. The minimum Gasteiger partial charge on any atom is -0.370 e. The van der Waals surface area contributed by atoms with Crippen LogP contribution < -0.4 is 10.2 Å². The van der Waals surface area contributed by atoms with Gasteiger partial charge in [0.2, 0.25) is 0 Å². The van der Waals surface area contributed by atoms with Gasteiger partial charge in [-0.05, 0) is 45.0 Å². The number of anilines is 1. The molecule has 2 aliphatic heterocycles. The maximum absolute atomic E-state index is 14.1. The highest BCUT2D eigenvalue weighted by Crippen LogP contribution is 2.28. The Labute approximate surface area is 120 Å². The molecule has 20 heavy (non-hydrogen) atoms. The second-order valence-electron chi connectivity index (χ2n) is 5.90. The van der Waals surface area contributed by atoms with Crippen molar-refractivity contribution in [1.82, 2.24) is 10.2 Å². The molecule has 0 radical (unpaired) electrons. The van der Waals surface area contributed by atoms with Gasteiger partial charge in [0.25, 0.3) is 0 Å². The van der Waals surface area contributed by atoms with Crippen LogP contribution in [0.4, 0.5) is 10.1 Å². The van der Waals surface area contributed by atoms with E-state index in [1.54, 1.807) is 6.07 Å². The number of nitrogens with zero attached hydrogens (tertiary/aromatic N) is 2. The van der Waals surface area contributed by atoms with Gasteiger partial charge < -0.3 is 10.2 Å². The van der Waals surface area contributed by atoms with Crippen molar-refractivity contribution in [2.45, 2.75) is 31.8 Å². The summed E-state index contributed by atoms with van der Waals surface area (Å²) in [6.45, 7) is 5.10. The van der Waals surface area contributed by atoms with Crippen molar-refractivity contribution in [2.75, 3.05) is 38.1 Å². The Balaban J connectivity index is 1.86. The van der Waals surface area contributed by atoms with Gasteiger partial charge >= 0.3 is 0 Å². The number of nitrogens with one attached hydrogen (secondary N) is 1. The quantitative estimate of drug-likeness (QED) is 0.914. The van der Waals surface area contributed by atoms with E-state index in [1.807, 2.05) is 13.1 Å². The third-order valence-corrected chi connectivity index (χ3v) is 4.59. The Bertz CT molecular complexity index is 463. The van der Waals surface area contributed by atoms with Crippen LogP contribution in [-0.2, 0) is 6.54 Å². The van der Waals surface area contributed by atoms with Crippen molar-refractivity contribution >= 4 is 5.69 Å². The van der Waals surface area contributed by atoms with Crippen LogP contribution in [0.25, 0.3) is 0 Å². The molecular formula is C16H24FN3. The molecule has 1 unspecified atom stereocenters. The lowest BCUT2D eigenvalue weighted by Gasteiger charge is -2.29. The summed E-state index contributed by atoms with van der Waals surface area (Å²) in [7, 11) is 1.87. The first kappa shape index (κ1) is 13.8. The Kier molecular flexibility index (Phi) is 4.22. The van der Waals surface area contributed by atoms with E-state index in [-0.39, 0.29) is 5.82 Å². The molecule has 0 saturated carbocycles. The van der Waals surface area contributed by atoms with Crippen LogP contribution in [0.3, 0.4) is 0 Å². The molecule has 1 aromatic carbocycles. The number of hydrogen-bond donors (Lipinski definition) is 1. The normalized spacial score (nSPS) is 23.7. The minimum absolute atomic E-state index is 0.0932. The second kappa shape index (κ2) is 6.10. The van der Waals surface area contributed by atoms with Crippen LogP contribution in [0, 0.1) is 5.82 Å². The van der Waals surface area contributed by atoms with Crippen LogP contribution in [-0.4, -0.2) is 44.2 Å². The molecule has 3 rings (SSSR count). The van der Waals surface area contributed by atoms with E-state index >= 15 is 0 Å². The van der Waals surface area contributed by atoms with E-state index in [4.69, 9.17) is 0 Å². The molecule has 0 aliphatic carbocycles. The van der Waals surface area contributed by atoms with Gasteiger partial charge in [0.05, 0.1) is 0 Å². The monoisotopic (exact) mass is 277 g/mol.